The van der Waals surface area contributed by atoms with Crippen molar-refractivity contribution in [3.8, 4) is 5.82 Å². The van der Waals surface area contributed by atoms with Gasteiger partial charge in [-0.25, -0.2) is 19.0 Å². The molecule has 33 heavy (non-hydrogen) atoms. The number of hydrogen-bond acceptors (Lipinski definition) is 7. The first-order chi connectivity index (χ1) is 16.0. The molecule has 8 nitrogen and oxygen atoms in total. The Morgan fingerprint density at radius 2 is 1.85 bits per heavy atom. The molecule has 0 unspecified atom stereocenters. The smallest absolute Gasteiger partial charge is 0.159 e. The summed E-state index contributed by atoms with van der Waals surface area (Å²) in [5, 5.41) is 15.3. The number of β-amino-alcohol motifs (C(OH)–C–C–N with tert-alkyl or cyclic N) is 1. The lowest BCUT2D eigenvalue weighted by atomic mass is 9.84. The summed E-state index contributed by atoms with van der Waals surface area (Å²) in [5.74, 6) is 1.99. The summed E-state index contributed by atoms with van der Waals surface area (Å²) in [5.41, 5.74) is 3.08. The van der Waals surface area contributed by atoms with E-state index in [9.17, 15) is 5.11 Å². The number of piperidine rings is 1. The molecule has 174 valence electrons. The van der Waals surface area contributed by atoms with Crippen molar-refractivity contribution >= 4 is 16.7 Å². The molecule has 0 radical (unpaired) electrons. The third-order valence-corrected chi connectivity index (χ3v) is 7.28. The fourth-order valence-corrected chi connectivity index (χ4v) is 5.28. The summed E-state index contributed by atoms with van der Waals surface area (Å²) in [7, 11) is 0. The Kier molecular flexibility index (Phi) is 5.08. The van der Waals surface area contributed by atoms with Gasteiger partial charge >= 0.3 is 0 Å². The van der Waals surface area contributed by atoms with E-state index in [0.29, 0.717) is 37.3 Å². The topological polar surface area (TPSA) is 79.5 Å². The second-order valence-electron chi connectivity index (χ2n) is 9.61. The van der Waals surface area contributed by atoms with Gasteiger partial charge in [0.05, 0.1) is 37.1 Å². The van der Waals surface area contributed by atoms with Crippen LogP contribution in [0.15, 0.2) is 24.4 Å². The van der Waals surface area contributed by atoms with Gasteiger partial charge < -0.3 is 14.7 Å². The largest absolute Gasteiger partial charge is 0.389 e. The Morgan fingerprint density at radius 3 is 2.55 bits per heavy atom. The van der Waals surface area contributed by atoms with Crippen molar-refractivity contribution in [3.05, 3.63) is 41.3 Å². The number of halogens is 1. The van der Waals surface area contributed by atoms with Gasteiger partial charge in [0.2, 0.25) is 0 Å². The molecule has 1 aromatic carbocycles. The predicted octanol–water partition coefficient (Wildman–Crippen LogP) is 2.14. The van der Waals surface area contributed by atoms with E-state index in [1.165, 1.54) is 0 Å². The van der Waals surface area contributed by atoms with Crippen molar-refractivity contribution in [1.29, 1.82) is 0 Å². The highest BCUT2D eigenvalue weighted by atomic mass is 19.1. The van der Waals surface area contributed by atoms with Gasteiger partial charge in [-0.1, -0.05) is 0 Å². The molecular formula is C24H29FN6O2. The number of aliphatic hydroxyl groups is 1. The van der Waals surface area contributed by atoms with Crippen LogP contribution in [0.25, 0.3) is 16.7 Å². The van der Waals surface area contributed by atoms with E-state index >= 15 is 4.39 Å². The van der Waals surface area contributed by atoms with Crippen molar-refractivity contribution in [3.63, 3.8) is 0 Å². The number of benzene rings is 1. The Morgan fingerprint density at radius 1 is 1.06 bits per heavy atom. The summed E-state index contributed by atoms with van der Waals surface area (Å²) >= 11 is 0. The summed E-state index contributed by atoms with van der Waals surface area (Å²) in [6, 6.07) is 6.48. The molecule has 0 spiro atoms. The molecular weight excluding hydrogens is 423 g/mol. The molecule has 9 heteroatoms. The zero-order valence-electron chi connectivity index (χ0n) is 19.0. The van der Waals surface area contributed by atoms with E-state index in [4.69, 9.17) is 4.74 Å². The Labute approximate surface area is 192 Å². The van der Waals surface area contributed by atoms with Gasteiger partial charge in [0, 0.05) is 37.0 Å². The molecule has 0 bridgehead atoms. The maximum Gasteiger partial charge on any atom is 0.159 e. The third-order valence-electron chi connectivity index (χ3n) is 7.28. The van der Waals surface area contributed by atoms with E-state index in [0.717, 1.165) is 54.0 Å². The molecule has 6 rings (SSSR count). The maximum atomic E-state index is 15.4. The lowest BCUT2D eigenvalue weighted by molar-refractivity contribution is -0.0807. The molecule has 2 atom stereocenters. The number of nitrogens with zero attached hydrogens (tertiary/aromatic N) is 6. The van der Waals surface area contributed by atoms with E-state index < -0.39 is 6.17 Å². The third kappa shape index (κ3) is 3.68. The molecule has 0 aliphatic carbocycles. The van der Waals surface area contributed by atoms with Gasteiger partial charge in [0.25, 0.3) is 0 Å². The number of ether oxygens (including phenoxy) is 1. The van der Waals surface area contributed by atoms with Crippen LogP contribution >= 0.6 is 0 Å². The molecule has 3 aliphatic rings. The number of aryl methyl sites for hydroxylation is 2. The van der Waals surface area contributed by atoms with Gasteiger partial charge in [-0.2, -0.15) is 5.10 Å². The van der Waals surface area contributed by atoms with Gasteiger partial charge in [-0.3, -0.25) is 4.90 Å². The molecule has 3 fully saturated rings. The number of aliphatic hydroxyl groups excluding tert-OH is 1. The van der Waals surface area contributed by atoms with Crippen molar-refractivity contribution in [2.45, 2.75) is 44.5 Å². The van der Waals surface area contributed by atoms with Crippen LogP contribution in [-0.4, -0.2) is 87.5 Å². The second-order valence-corrected chi connectivity index (χ2v) is 9.61. The van der Waals surface area contributed by atoms with Crippen LogP contribution in [0.2, 0.25) is 0 Å². The zero-order chi connectivity index (χ0) is 22.7. The molecule has 0 amide bonds. The Hall–Kier alpha value is -2.62. The number of likely N-dealkylation sites (tertiary alicyclic amines) is 1. The monoisotopic (exact) mass is 452 g/mol. The van der Waals surface area contributed by atoms with Crippen molar-refractivity contribution in [2.24, 2.45) is 0 Å². The van der Waals surface area contributed by atoms with Gasteiger partial charge in [0.15, 0.2) is 5.82 Å². The van der Waals surface area contributed by atoms with E-state index in [-0.39, 0.29) is 12.0 Å². The molecule has 3 aliphatic heterocycles. The quantitative estimate of drug-likeness (QED) is 0.650. The van der Waals surface area contributed by atoms with Crippen LogP contribution in [0.4, 0.5) is 10.2 Å². The predicted molar refractivity (Wildman–Crippen MR) is 123 cm³/mol. The van der Waals surface area contributed by atoms with Crippen LogP contribution in [0.1, 0.15) is 29.3 Å². The molecule has 1 N–H and O–H groups in total. The van der Waals surface area contributed by atoms with Crippen molar-refractivity contribution in [1.82, 2.24) is 24.6 Å². The highest BCUT2D eigenvalue weighted by Gasteiger charge is 2.36. The number of fused-ring (bicyclic) bond motifs is 1. The minimum Gasteiger partial charge on any atom is -0.389 e. The summed E-state index contributed by atoms with van der Waals surface area (Å²) in [6.07, 6.45) is 1.42. The maximum absolute atomic E-state index is 15.4. The average molecular weight is 453 g/mol. The summed E-state index contributed by atoms with van der Waals surface area (Å²) in [4.78, 5) is 13.4. The first kappa shape index (κ1) is 20.9. The lowest BCUT2D eigenvalue weighted by Gasteiger charge is -2.43. The first-order valence-electron chi connectivity index (χ1n) is 11.7. The van der Waals surface area contributed by atoms with E-state index in [2.05, 4.69) is 39.0 Å². The number of hydrogen-bond donors (Lipinski definition) is 1. The summed E-state index contributed by atoms with van der Waals surface area (Å²) in [6.45, 7) is 7.87. The zero-order valence-corrected chi connectivity index (χ0v) is 19.0. The van der Waals surface area contributed by atoms with Crippen LogP contribution in [0, 0.1) is 13.8 Å². The number of aromatic nitrogens is 4. The standard InChI is InChI=1S/C24H29FN6O2/c1-14-5-16-8-26-31(24-7-23(27-15(2)28-24)30-9-18(32)10-30)22(16)6-20(14)19-3-4-29(11-21(19)25)17-12-33-13-17/h5-8,17-19,21,32H,3-4,9-13H2,1-2H3/t19-,21-/m0/s1. The molecule has 3 saturated heterocycles. The minimum absolute atomic E-state index is 0.125. The average Bonchev–Trinajstić information content (AvgIpc) is 3.12. The normalized spacial score (nSPS) is 24.8. The lowest BCUT2D eigenvalue weighted by Crippen LogP contribution is -2.54. The molecule has 3 aromatic rings. The SMILES string of the molecule is Cc1nc(N2CC(O)C2)cc(-n2ncc3cc(C)c([C@@H]4CCN(C5COC5)C[C@@H]4F)cc32)n1. The molecule has 2 aromatic heterocycles. The molecule has 0 saturated carbocycles. The highest BCUT2D eigenvalue weighted by Crippen LogP contribution is 2.36. The summed E-state index contributed by atoms with van der Waals surface area (Å²) < 4.78 is 22.5. The van der Waals surface area contributed by atoms with Crippen molar-refractivity contribution < 1.29 is 14.2 Å². The first-order valence-corrected chi connectivity index (χ1v) is 11.7. The Balaban J connectivity index is 1.33. The Bertz CT molecular complexity index is 1190. The number of anilines is 1. The fraction of sp³-hybridized carbons (Fsp3) is 0.542. The second kappa shape index (κ2) is 8.00. The van der Waals surface area contributed by atoms with E-state index in [1.54, 1.807) is 0 Å². The minimum atomic E-state index is -0.905. The van der Waals surface area contributed by atoms with Crippen LogP contribution in [0.5, 0.6) is 0 Å². The van der Waals surface area contributed by atoms with Gasteiger partial charge in [0.1, 0.15) is 17.8 Å². The van der Waals surface area contributed by atoms with Gasteiger partial charge in [-0.15, -0.1) is 0 Å². The molecule has 5 heterocycles. The fourth-order valence-electron chi connectivity index (χ4n) is 5.28. The van der Waals surface area contributed by atoms with Crippen LogP contribution in [0.3, 0.4) is 0 Å². The highest BCUT2D eigenvalue weighted by molar-refractivity contribution is 5.82. The number of rotatable bonds is 4. The van der Waals surface area contributed by atoms with Crippen LogP contribution in [-0.2, 0) is 4.74 Å². The van der Waals surface area contributed by atoms with Crippen molar-refractivity contribution in [2.75, 3.05) is 44.3 Å². The van der Waals surface area contributed by atoms with Crippen LogP contribution < -0.4 is 4.90 Å². The number of alkyl halides is 1. The van der Waals surface area contributed by atoms with E-state index in [1.807, 2.05) is 28.8 Å². The van der Waals surface area contributed by atoms with Gasteiger partial charge in [-0.05, 0) is 50.1 Å².